The lowest BCUT2D eigenvalue weighted by Crippen LogP contribution is -2.05. The van der Waals surface area contributed by atoms with Crippen LogP contribution in [0, 0.1) is 0 Å². The van der Waals surface area contributed by atoms with E-state index in [2.05, 4.69) is 18.2 Å². The first-order valence-electron chi connectivity index (χ1n) is 4.42. The second kappa shape index (κ2) is 4.98. The fourth-order valence-electron chi connectivity index (χ4n) is 1.21. The highest BCUT2D eigenvalue weighted by Gasteiger charge is 2.12. The van der Waals surface area contributed by atoms with Gasteiger partial charge in [-0.15, -0.1) is 11.3 Å². The number of nitrogens with two attached hydrogens (primary N) is 1. The van der Waals surface area contributed by atoms with Gasteiger partial charge < -0.3 is 5.73 Å². The van der Waals surface area contributed by atoms with Gasteiger partial charge in [-0.1, -0.05) is 6.92 Å². The molecule has 4 heteroatoms. The smallest absolute Gasteiger partial charge is 0.103 e. The number of hydrogen-bond donors (Lipinski definition) is 1. The minimum Gasteiger partial charge on any atom is -0.323 e. The number of nitrogens with zero attached hydrogens (tertiary/aromatic N) is 1. The first-order valence-corrected chi connectivity index (χ1v) is 6.63. The Morgan fingerprint density at radius 3 is 2.69 bits per heavy atom. The van der Waals surface area contributed by atoms with Crippen molar-refractivity contribution in [3.05, 3.63) is 15.6 Å². The second-order valence-corrected chi connectivity index (χ2v) is 4.98. The van der Waals surface area contributed by atoms with Crippen LogP contribution in [0.3, 0.4) is 0 Å². The Labute approximate surface area is 87.9 Å². The van der Waals surface area contributed by atoms with Gasteiger partial charge in [-0.3, -0.25) is 0 Å². The van der Waals surface area contributed by atoms with Crippen molar-refractivity contribution in [2.75, 3.05) is 6.26 Å². The van der Waals surface area contributed by atoms with Crippen molar-refractivity contribution < 1.29 is 0 Å². The topological polar surface area (TPSA) is 38.9 Å². The van der Waals surface area contributed by atoms with Crippen LogP contribution in [0.5, 0.6) is 0 Å². The van der Waals surface area contributed by atoms with Gasteiger partial charge in [0.1, 0.15) is 5.01 Å². The van der Waals surface area contributed by atoms with E-state index in [4.69, 9.17) is 5.73 Å². The zero-order valence-electron chi connectivity index (χ0n) is 8.33. The number of hydrogen-bond acceptors (Lipinski definition) is 4. The fourth-order valence-corrected chi connectivity index (χ4v) is 3.01. The third-order valence-electron chi connectivity index (χ3n) is 1.79. The molecule has 0 bridgehead atoms. The van der Waals surface area contributed by atoms with Gasteiger partial charge in [-0.2, -0.15) is 11.8 Å². The van der Waals surface area contributed by atoms with Gasteiger partial charge in [0.2, 0.25) is 0 Å². The predicted molar refractivity (Wildman–Crippen MR) is 61.3 cm³/mol. The van der Waals surface area contributed by atoms with Gasteiger partial charge in [-0.25, -0.2) is 4.98 Å². The zero-order chi connectivity index (χ0) is 9.84. The number of aromatic nitrogens is 1. The van der Waals surface area contributed by atoms with E-state index in [1.807, 2.05) is 6.92 Å². The molecule has 1 unspecified atom stereocenters. The van der Waals surface area contributed by atoms with Crippen LogP contribution in [-0.2, 0) is 12.2 Å². The van der Waals surface area contributed by atoms with E-state index < -0.39 is 0 Å². The monoisotopic (exact) mass is 216 g/mol. The molecule has 0 aliphatic heterocycles. The van der Waals surface area contributed by atoms with E-state index in [-0.39, 0.29) is 6.04 Å². The maximum absolute atomic E-state index is 5.86. The Kier molecular flexibility index (Phi) is 4.22. The lowest BCUT2D eigenvalue weighted by atomic mass is 10.2. The maximum Gasteiger partial charge on any atom is 0.103 e. The van der Waals surface area contributed by atoms with Crippen molar-refractivity contribution in [2.24, 2.45) is 5.73 Å². The molecule has 0 saturated heterocycles. The van der Waals surface area contributed by atoms with E-state index in [0.717, 1.165) is 12.2 Å². The van der Waals surface area contributed by atoms with E-state index in [1.165, 1.54) is 15.6 Å². The lowest BCUT2D eigenvalue weighted by molar-refractivity contribution is 0.813. The summed E-state index contributed by atoms with van der Waals surface area (Å²) in [5.74, 6) is 1.00. The van der Waals surface area contributed by atoms with E-state index >= 15 is 0 Å². The Morgan fingerprint density at radius 1 is 1.62 bits per heavy atom. The van der Waals surface area contributed by atoms with Crippen LogP contribution in [0.25, 0.3) is 0 Å². The van der Waals surface area contributed by atoms with Crippen molar-refractivity contribution in [3.63, 3.8) is 0 Å². The normalized spacial score (nSPS) is 13.2. The Bertz CT molecular complexity index is 269. The Balaban J connectivity index is 2.90. The number of thioether (sulfide) groups is 1. The quantitative estimate of drug-likeness (QED) is 0.841. The van der Waals surface area contributed by atoms with Crippen molar-refractivity contribution in [2.45, 2.75) is 32.1 Å². The Morgan fingerprint density at radius 2 is 2.31 bits per heavy atom. The van der Waals surface area contributed by atoms with Crippen molar-refractivity contribution >= 4 is 23.1 Å². The summed E-state index contributed by atoms with van der Waals surface area (Å²) < 4.78 is 0. The van der Waals surface area contributed by atoms with Gasteiger partial charge in [0.05, 0.1) is 5.69 Å². The average Bonchev–Trinajstić information content (AvgIpc) is 2.48. The minimum atomic E-state index is 0.128. The molecule has 0 aliphatic rings. The Hall–Kier alpha value is -0.0600. The standard InChI is InChI=1S/C9H16N2S2/c1-4-7-9(6(2)10)13-8(11-7)5-12-3/h6H,4-5,10H2,1-3H3. The molecule has 1 heterocycles. The van der Waals surface area contributed by atoms with Gasteiger partial charge in [-0.05, 0) is 19.6 Å². The summed E-state index contributed by atoms with van der Waals surface area (Å²) in [5.41, 5.74) is 7.05. The number of thiazole rings is 1. The molecule has 74 valence electrons. The molecule has 1 aromatic heterocycles. The highest BCUT2D eigenvalue weighted by Crippen LogP contribution is 2.26. The molecule has 0 aliphatic carbocycles. The predicted octanol–water partition coefficient (Wildman–Crippen LogP) is 2.59. The van der Waals surface area contributed by atoms with Gasteiger partial charge in [0.15, 0.2) is 0 Å². The molecule has 0 aromatic carbocycles. The summed E-state index contributed by atoms with van der Waals surface area (Å²) in [6.07, 6.45) is 3.08. The van der Waals surface area contributed by atoms with Gasteiger partial charge in [0, 0.05) is 16.7 Å². The summed E-state index contributed by atoms with van der Waals surface area (Å²) in [5, 5.41) is 1.21. The molecule has 0 fully saturated rings. The average molecular weight is 216 g/mol. The van der Waals surface area contributed by atoms with Crippen LogP contribution in [0.15, 0.2) is 0 Å². The summed E-state index contributed by atoms with van der Waals surface area (Å²) >= 11 is 3.57. The fraction of sp³-hybridized carbons (Fsp3) is 0.667. The summed E-state index contributed by atoms with van der Waals surface area (Å²) in [7, 11) is 0. The maximum atomic E-state index is 5.86. The largest absolute Gasteiger partial charge is 0.323 e. The molecule has 0 spiro atoms. The molecule has 2 nitrogen and oxygen atoms in total. The van der Waals surface area contributed by atoms with Crippen molar-refractivity contribution in [3.8, 4) is 0 Å². The lowest BCUT2D eigenvalue weighted by Gasteiger charge is -2.01. The van der Waals surface area contributed by atoms with E-state index in [1.54, 1.807) is 23.1 Å². The van der Waals surface area contributed by atoms with Crippen LogP contribution < -0.4 is 5.73 Å². The molecule has 0 radical (unpaired) electrons. The van der Waals surface area contributed by atoms with Gasteiger partial charge >= 0.3 is 0 Å². The highest BCUT2D eigenvalue weighted by atomic mass is 32.2. The van der Waals surface area contributed by atoms with Crippen LogP contribution in [0.2, 0.25) is 0 Å². The van der Waals surface area contributed by atoms with Crippen LogP contribution in [-0.4, -0.2) is 11.2 Å². The number of aryl methyl sites for hydroxylation is 1. The summed E-state index contributed by atoms with van der Waals surface area (Å²) in [4.78, 5) is 5.81. The van der Waals surface area contributed by atoms with Gasteiger partial charge in [0.25, 0.3) is 0 Å². The van der Waals surface area contributed by atoms with Crippen molar-refractivity contribution in [1.82, 2.24) is 4.98 Å². The molecule has 1 rings (SSSR count). The second-order valence-electron chi connectivity index (χ2n) is 2.99. The third kappa shape index (κ3) is 2.69. The minimum absolute atomic E-state index is 0.128. The molecular weight excluding hydrogens is 200 g/mol. The molecule has 1 atom stereocenters. The molecule has 13 heavy (non-hydrogen) atoms. The zero-order valence-corrected chi connectivity index (χ0v) is 9.97. The molecule has 0 saturated carbocycles. The van der Waals surface area contributed by atoms with Crippen LogP contribution >= 0.6 is 23.1 Å². The van der Waals surface area contributed by atoms with Crippen molar-refractivity contribution in [1.29, 1.82) is 0 Å². The first-order chi connectivity index (χ1) is 6.19. The third-order valence-corrected chi connectivity index (χ3v) is 3.83. The van der Waals surface area contributed by atoms with E-state index in [0.29, 0.717) is 0 Å². The highest BCUT2D eigenvalue weighted by molar-refractivity contribution is 7.97. The van der Waals surface area contributed by atoms with Crippen LogP contribution in [0.4, 0.5) is 0 Å². The van der Waals surface area contributed by atoms with E-state index in [9.17, 15) is 0 Å². The molecule has 1 aromatic rings. The number of rotatable bonds is 4. The molecular formula is C9H16N2S2. The summed E-state index contributed by atoms with van der Waals surface area (Å²) in [6.45, 7) is 4.15. The first kappa shape index (κ1) is 11.0. The molecule has 0 amide bonds. The molecule has 2 N–H and O–H groups in total. The van der Waals surface area contributed by atoms with Crippen LogP contribution in [0.1, 0.15) is 35.5 Å². The summed E-state index contributed by atoms with van der Waals surface area (Å²) in [6, 6.07) is 0.128. The SMILES string of the molecule is CCc1nc(CSC)sc1C(C)N.